The number of para-hydroxylation sites is 1. The number of benzene rings is 1. The Balaban J connectivity index is 2.90. The molecule has 1 amide bonds. The van der Waals surface area contributed by atoms with Gasteiger partial charge in [-0.15, -0.1) is 0 Å². The minimum absolute atomic E-state index is 0.0316. The molecule has 8 heteroatoms. The van der Waals surface area contributed by atoms with Crippen LogP contribution < -0.4 is 5.32 Å². The Hall–Kier alpha value is -1.54. The molecule has 0 spiro atoms. The van der Waals surface area contributed by atoms with Gasteiger partial charge in [0.2, 0.25) is 0 Å². The Kier molecular flexibility index (Phi) is 3.24. The Morgan fingerprint density at radius 2 is 1.75 bits per heavy atom. The molecule has 88 valence electrons. The fourth-order valence-corrected chi connectivity index (χ4v) is 1.12. The first-order valence-electron chi connectivity index (χ1n) is 3.95. The molecule has 0 radical (unpaired) electrons. The summed E-state index contributed by atoms with van der Waals surface area (Å²) in [4.78, 5) is 10.8. The highest BCUT2D eigenvalue weighted by atomic mass is 32.2. The molecule has 0 unspecified atom stereocenters. The summed E-state index contributed by atoms with van der Waals surface area (Å²) < 4.78 is 55.7. The molecule has 1 aromatic carbocycles. The smallest absolute Gasteiger partial charge is 0.411 e. The summed E-state index contributed by atoms with van der Waals surface area (Å²) in [6.45, 7) is 0. The van der Waals surface area contributed by atoms with Crippen molar-refractivity contribution in [3.63, 3.8) is 0 Å². The van der Waals surface area contributed by atoms with Crippen LogP contribution in [0.1, 0.15) is 0 Å². The maximum atomic E-state index is 12.7. The van der Waals surface area contributed by atoms with Crippen molar-refractivity contribution in [1.82, 2.24) is 0 Å². The molecule has 0 fully saturated rings. The highest BCUT2D eigenvalue weighted by Crippen LogP contribution is 2.22. The zero-order chi connectivity index (χ0) is 12.4. The van der Waals surface area contributed by atoms with Gasteiger partial charge in [-0.25, -0.2) is 8.42 Å². The summed E-state index contributed by atoms with van der Waals surface area (Å²) in [6, 6.07) is 6.99. The average molecular weight is 250 g/mol. The molecule has 0 aromatic heterocycles. The molecule has 1 aromatic rings. The van der Waals surface area contributed by atoms with Gasteiger partial charge in [0.15, 0.2) is 10.1 Å². The molecular weight excluding hydrogens is 244 g/mol. The number of anilines is 1. The first kappa shape index (κ1) is 12.5. The standard InChI is InChI=1S/C8H7F2NO4S/c9-8(10,16(13,14)15)7(12)11-6-4-2-1-3-5-6/h1-5H,(H,11,12)(H,13,14,15)/p-1. The largest absolute Gasteiger partial charge is 0.743 e. The number of halogens is 2. The number of alkyl halides is 2. The Labute approximate surface area is 89.8 Å². The minimum Gasteiger partial charge on any atom is -0.743 e. The molecule has 16 heavy (non-hydrogen) atoms. The van der Waals surface area contributed by atoms with Crippen LogP contribution in [-0.2, 0) is 14.9 Å². The Bertz CT molecular complexity index is 486. The van der Waals surface area contributed by atoms with E-state index in [-0.39, 0.29) is 5.69 Å². The van der Waals surface area contributed by atoms with Crippen molar-refractivity contribution in [3.05, 3.63) is 30.3 Å². The van der Waals surface area contributed by atoms with E-state index >= 15 is 0 Å². The van der Waals surface area contributed by atoms with Gasteiger partial charge in [-0.05, 0) is 12.1 Å². The highest BCUT2D eigenvalue weighted by Gasteiger charge is 2.46. The second kappa shape index (κ2) is 4.14. The van der Waals surface area contributed by atoms with Gasteiger partial charge in [0, 0.05) is 5.69 Å². The van der Waals surface area contributed by atoms with E-state index in [0.717, 1.165) is 0 Å². The average Bonchev–Trinajstić information content (AvgIpc) is 2.17. The minimum atomic E-state index is -6.02. The molecule has 0 saturated carbocycles. The number of carbonyl (C=O) groups excluding carboxylic acids is 1. The van der Waals surface area contributed by atoms with Crippen LogP contribution in [0.15, 0.2) is 30.3 Å². The first-order chi connectivity index (χ1) is 7.25. The maximum absolute atomic E-state index is 12.7. The van der Waals surface area contributed by atoms with E-state index in [1.165, 1.54) is 24.3 Å². The van der Waals surface area contributed by atoms with E-state index in [9.17, 15) is 26.5 Å². The van der Waals surface area contributed by atoms with Crippen LogP contribution in [-0.4, -0.2) is 24.1 Å². The fourth-order valence-electron chi connectivity index (χ4n) is 0.839. The van der Waals surface area contributed by atoms with Gasteiger partial charge in [0.25, 0.3) is 0 Å². The molecular formula is C8H6F2NO4S-. The molecule has 5 nitrogen and oxygen atoms in total. The van der Waals surface area contributed by atoms with Crippen LogP contribution in [0.25, 0.3) is 0 Å². The number of nitrogens with one attached hydrogen (secondary N) is 1. The lowest BCUT2D eigenvalue weighted by atomic mass is 10.3. The predicted octanol–water partition coefficient (Wildman–Crippen LogP) is 0.763. The number of hydrogen-bond acceptors (Lipinski definition) is 4. The number of hydrogen-bond donors (Lipinski definition) is 1. The molecule has 1 N–H and O–H groups in total. The van der Waals surface area contributed by atoms with Crippen molar-refractivity contribution in [2.75, 3.05) is 5.32 Å². The number of carbonyl (C=O) groups is 1. The maximum Gasteiger partial charge on any atom is 0.411 e. The topological polar surface area (TPSA) is 86.3 Å². The molecule has 1 rings (SSSR count). The van der Waals surface area contributed by atoms with E-state index in [0.29, 0.717) is 0 Å². The van der Waals surface area contributed by atoms with E-state index in [1.807, 2.05) is 0 Å². The zero-order valence-electron chi connectivity index (χ0n) is 7.68. The van der Waals surface area contributed by atoms with Gasteiger partial charge in [0.05, 0.1) is 0 Å². The van der Waals surface area contributed by atoms with E-state index in [2.05, 4.69) is 0 Å². The summed E-state index contributed by atoms with van der Waals surface area (Å²) in [5.41, 5.74) is -0.0316. The normalized spacial score (nSPS) is 12.2. The Morgan fingerprint density at radius 3 is 2.19 bits per heavy atom. The quantitative estimate of drug-likeness (QED) is 0.802. The second-order valence-electron chi connectivity index (χ2n) is 2.79. The van der Waals surface area contributed by atoms with E-state index in [1.54, 1.807) is 11.4 Å². The van der Waals surface area contributed by atoms with Gasteiger partial charge in [-0.3, -0.25) is 4.79 Å². The van der Waals surface area contributed by atoms with Gasteiger partial charge >= 0.3 is 11.2 Å². The van der Waals surface area contributed by atoms with Crippen LogP contribution >= 0.6 is 0 Å². The third kappa shape index (κ3) is 2.52. The molecule has 0 bridgehead atoms. The third-order valence-corrected chi connectivity index (χ3v) is 2.42. The van der Waals surface area contributed by atoms with Crippen molar-refractivity contribution in [2.24, 2.45) is 0 Å². The molecule has 0 aliphatic carbocycles. The molecule has 0 aliphatic rings. The third-order valence-electron chi connectivity index (χ3n) is 1.61. The summed E-state index contributed by atoms with van der Waals surface area (Å²) in [5, 5.41) is -3.36. The second-order valence-corrected chi connectivity index (χ2v) is 4.21. The summed E-state index contributed by atoms with van der Waals surface area (Å²) in [7, 11) is -6.02. The number of rotatable bonds is 3. The van der Waals surface area contributed by atoms with Gasteiger partial charge < -0.3 is 9.87 Å². The summed E-state index contributed by atoms with van der Waals surface area (Å²) in [6.07, 6.45) is 0. The molecule has 0 atom stereocenters. The van der Waals surface area contributed by atoms with Crippen molar-refractivity contribution < 1.29 is 26.5 Å². The van der Waals surface area contributed by atoms with Gasteiger partial charge in [-0.2, -0.15) is 8.78 Å². The molecule has 0 saturated heterocycles. The lowest BCUT2D eigenvalue weighted by Crippen LogP contribution is -2.41. The van der Waals surface area contributed by atoms with Crippen LogP contribution in [0.5, 0.6) is 0 Å². The monoisotopic (exact) mass is 250 g/mol. The molecule has 0 aliphatic heterocycles. The van der Waals surface area contributed by atoms with Crippen LogP contribution in [0.2, 0.25) is 0 Å². The van der Waals surface area contributed by atoms with E-state index < -0.39 is 21.3 Å². The molecule has 0 heterocycles. The Morgan fingerprint density at radius 1 is 1.25 bits per heavy atom. The SMILES string of the molecule is O=C(Nc1ccccc1)C(F)(F)S(=O)(=O)[O-]. The van der Waals surface area contributed by atoms with Gasteiger partial charge in [0.1, 0.15) is 0 Å². The lowest BCUT2D eigenvalue weighted by molar-refractivity contribution is -0.130. The van der Waals surface area contributed by atoms with E-state index in [4.69, 9.17) is 0 Å². The van der Waals surface area contributed by atoms with Crippen molar-refractivity contribution >= 4 is 21.7 Å². The summed E-state index contributed by atoms with van der Waals surface area (Å²) in [5.74, 6) is -2.17. The highest BCUT2D eigenvalue weighted by molar-refractivity contribution is 7.87. The summed E-state index contributed by atoms with van der Waals surface area (Å²) >= 11 is 0. The number of amides is 1. The first-order valence-corrected chi connectivity index (χ1v) is 5.36. The zero-order valence-corrected chi connectivity index (χ0v) is 8.50. The van der Waals surface area contributed by atoms with Crippen molar-refractivity contribution in [1.29, 1.82) is 0 Å². The lowest BCUT2D eigenvalue weighted by Gasteiger charge is -2.18. The van der Waals surface area contributed by atoms with Crippen LogP contribution in [0.4, 0.5) is 14.5 Å². The van der Waals surface area contributed by atoms with Gasteiger partial charge in [-0.1, -0.05) is 18.2 Å². The van der Waals surface area contributed by atoms with Crippen LogP contribution in [0.3, 0.4) is 0 Å². The predicted molar refractivity (Wildman–Crippen MR) is 49.7 cm³/mol. The van der Waals surface area contributed by atoms with Crippen LogP contribution in [0, 0.1) is 0 Å². The fraction of sp³-hybridized carbons (Fsp3) is 0.125. The van der Waals surface area contributed by atoms with Crippen molar-refractivity contribution in [2.45, 2.75) is 5.25 Å². The van der Waals surface area contributed by atoms with Crippen molar-refractivity contribution in [3.8, 4) is 0 Å².